The Balaban J connectivity index is 1.80. The average molecular weight is 460 g/mol. The highest BCUT2D eigenvalue weighted by Gasteiger charge is 2.74. The monoisotopic (exact) mass is 459 g/mol. The van der Waals surface area contributed by atoms with E-state index in [0.29, 0.717) is 17.0 Å². The number of hydrogen-bond donors (Lipinski definition) is 0. The highest BCUT2D eigenvalue weighted by atomic mass is 35.5. The third kappa shape index (κ3) is 2.83. The molecular formula is C22H22ClN3O6. The minimum atomic E-state index is -1.79. The van der Waals surface area contributed by atoms with Crippen molar-refractivity contribution in [1.82, 2.24) is 14.7 Å². The first-order chi connectivity index (χ1) is 15.2. The summed E-state index contributed by atoms with van der Waals surface area (Å²) in [5.41, 5.74) is -1.47. The fourth-order valence-corrected chi connectivity index (χ4v) is 5.56. The maximum absolute atomic E-state index is 13.4. The summed E-state index contributed by atoms with van der Waals surface area (Å²) < 4.78 is 0. The van der Waals surface area contributed by atoms with Gasteiger partial charge in [0.2, 0.25) is 24.1 Å². The van der Waals surface area contributed by atoms with Crippen molar-refractivity contribution in [3.8, 4) is 0 Å². The van der Waals surface area contributed by atoms with Gasteiger partial charge in [0.05, 0.1) is 24.3 Å². The Morgan fingerprint density at radius 2 is 1.69 bits per heavy atom. The van der Waals surface area contributed by atoms with Crippen molar-refractivity contribution >= 4 is 47.4 Å². The molecule has 3 saturated heterocycles. The van der Waals surface area contributed by atoms with Crippen LogP contribution in [0.15, 0.2) is 24.3 Å². The number of amides is 5. The maximum Gasteiger partial charge on any atom is 0.256 e. The molecule has 3 aliphatic rings. The van der Waals surface area contributed by atoms with E-state index < -0.39 is 47.0 Å². The summed E-state index contributed by atoms with van der Waals surface area (Å²) in [6.45, 7) is 3.43. The molecule has 1 spiro atoms. The number of carbonyl (C=O) groups excluding carboxylic acids is 6. The Labute approximate surface area is 189 Å². The van der Waals surface area contributed by atoms with E-state index in [1.165, 1.54) is 12.1 Å². The first kappa shape index (κ1) is 22.1. The maximum atomic E-state index is 13.4. The first-order valence-corrected chi connectivity index (χ1v) is 10.8. The number of likely N-dealkylation sites (N-methyl/N-ethyl adjacent to an activating group) is 1. The SMILES string of the molecule is CCN1C(=O)[C@H]2[C@@H](C1=O)[C@@]1(CC(=O)N(CC)C1=O)N(C=O)[C@H]2CC(=O)c1ccc(Cl)cc1. The number of rotatable bonds is 6. The molecule has 4 atom stereocenters. The molecule has 0 unspecified atom stereocenters. The number of hydrogen-bond acceptors (Lipinski definition) is 6. The normalized spacial score (nSPS) is 29.5. The van der Waals surface area contributed by atoms with Crippen LogP contribution in [0, 0.1) is 11.8 Å². The molecule has 10 heteroatoms. The van der Waals surface area contributed by atoms with Crippen LogP contribution in [-0.2, 0) is 24.0 Å². The van der Waals surface area contributed by atoms with Gasteiger partial charge in [0.15, 0.2) is 5.78 Å². The molecule has 3 heterocycles. The fraction of sp³-hybridized carbons (Fsp3) is 0.455. The van der Waals surface area contributed by atoms with Crippen LogP contribution in [0.1, 0.15) is 37.0 Å². The Bertz CT molecular complexity index is 1040. The summed E-state index contributed by atoms with van der Waals surface area (Å²) in [7, 11) is 0. The van der Waals surface area contributed by atoms with Gasteiger partial charge < -0.3 is 4.90 Å². The smallest absolute Gasteiger partial charge is 0.256 e. The largest absolute Gasteiger partial charge is 0.325 e. The summed E-state index contributed by atoms with van der Waals surface area (Å²) in [6, 6.07) is 5.13. The number of imide groups is 2. The number of carbonyl (C=O) groups is 6. The lowest BCUT2D eigenvalue weighted by atomic mass is 9.78. The van der Waals surface area contributed by atoms with E-state index in [2.05, 4.69) is 0 Å². The van der Waals surface area contributed by atoms with Crippen LogP contribution in [0.3, 0.4) is 0 Å². The summed E-state index contributed by atoms with van der Waals surface area (Å²) in [4.78, 5) is 80.8. The van der Waals surface area contributed by atoms with Gasteiger partial charge in [0.1, 0.15) is 5.54 Å². The Kier molecular flexibility index (Phi) is 5.40. The predicted octanol–water partition coefficient (Wildman–Crippen LogP) is 0.892. The highest BCUT2D eigenvalue weighted by molar-refractivity contribution is 6.30. The van der Waals surface area contributed by atoms with E-state index in [9.17, 15) is 28.8 Å². The van der Waals surface area contributed by atoms with Gasteiger partial charge in [-0.1, -0.05) is 11.6 Å². The van der Waals surface area contributed by atoms with E-state index in [4.69, 9.17) is 11.6 Å². The van der Waals surface area contributed by atoms with Crippen LogP contribution in [0.25, 0.3) is 0 Å². The Morgan fingerprint density at radius 3 is 2.22 bits per heavy atom. The van der Waals surface area contributed by atoms with Crippen molar-refractivity contribution in [1.29, 1.82) is 0 Å². The van der Waals surface area contributed by atoms with Crippen molar-refractivity contribution in [2.45, 2.75) is 38.3 Å². The third-order valence-corrected chi connectivity index (χ3v) is 7.09. The standard InChI is InChI=1S/C22H22ClN3O6/c1-3-24-16(29)10-22(21(24)32)18-17(19(30)25(4-2)20(18)31)14(26(22)11-27)9-15(28)12-5-7-13(23)8-6-12/h5-8,11,14,17-18H,3-4,9-10H2,1-2H3/t14-,17+,18-,22+/m0/s1. The Hall–Kier alpha value is -3.07. The van der Waals surface area contributed by atoms with Gasteiger partial charge in [-0.15, -0.1) is 0 Å². The molecule has 1 aromatic carbocycles. The van der Waals surface area contributed by atoms with E-state index in [1.807, 2.05) is 0 Å². The van der Waals surface area contributed by atoms with Gasteiger partial charge >= 0.3 is 0 Å². The second-order valence-corrected chi connectivity index (χ2v) is 8.62. The van der Waals surface area contributed by atoms with Crippen LogP contribution in [-0.4, -0.2) is 75.2 Å². The van der Waals surface area contributed by atoms with Crippen molar-refractivity contribution in [3.05, 3.63) is 34.9 Å². The summed E-state index contributed by atoms with van der Waals surface area (Å²) in [5, 5.41) is 0.445. The second kappa shape index (κ2) is 7.81. The molecule has 0 bridgehead atoms. The third-order valence-electron chi connectivity index (χ3n) is 6.83. The molecule has 0 N–H and O–H groups in total. The highest BCUT2D eigenvalue weighted by Crippen LogP contribution is 2.53. The number of likely N-dealkylation sites (tertiary alicyclic amines) is 3. The zero-order valence-electron chi connectivity index (χ0n) is 17.6. The molecule has 4 rings (SSSR count). The molecule has 3 fully saturated rings. The van der Waals surface area contributed by atoms with E-state index in [1.54, 1.807) is 26.0 Å². The van der Waals surface area contributed by atoms with Gasteiger partial charge in [-0.25, -0.2) is 0 Å². The lowest BCUT2D eigenvalue weighted by molar-refractivity contribution is -0.151. The summed E-state index contributed by atoms with van der Waals surface area (Å²) in [5.74, 6) is -4.94. The Morgan fingerprint density at radius 1 is 1.06 bits per heavy atom. The molecule has 5 amide bonds. The van der Waals surface area contributed by atoms with Crippen LogP contribution in [0.2, 0.25) is 5.02 Å². The molecule has 9 nitrogen and oxygen atoms in total. The zero-order chi connectivity index (χ0) is 23.4. The van der Waals surface area contributed by atoms with Crippen molar-refractivity contribution in [3.63, 3.8) is 0 Å². The van der Waals surface area contributed by atoms with Crippen molar-refractivity contribution in [2.24, 2.45) is 11.8 Å². The number of nitrogens with zero attached hydrogens (tertiary/aromatic N) is 3. The van der Waals surface area contributed by atoms with Gasteiger partial charge in [-0.2, -0.15) is 0 Å². The number of Topliss-reactive ketones (excluding diaryl/α,β-unsaturated/α-hetero) is 1. The van der Waals surface area contributed by atoms with E-state index in [-0.39, 0.29) is 31.7 Å². The molecule has 0 aromatic heterocycles. The lowest BCUT2D eigenvalue weighted by Gasteiger charge is -2.36. The van der Waals surface area contributed by atoms with Gasteiger partial charge in [0.25, 0.3) is 5.91 Å². The van der Waals surface area contributed by atoms with Crippen LogP contribution >= 0.6 is 11.6 Å². The zero-order valence-corrected chi connectivity index (χ0v) is 18.4. The van der Waals surface area contributed by atoms with Crippen molar-refractivity contribution in [2.75, 3.05) is 13.1 Å². The van der Waals surface area contributed by atoms with Crippen LogP contribution in [0.4, 0.5) is 0 Å². The molecule has 0 aliphatic carbocycles. The van der Waals surface area contributed by atoms with E-state index in [0.717, 1.165) is 14.7 Å². The minimum Gasteiger partial charge on any atom is -0.325 e. The quantitative estimate of drug-likeness (QED) is 0.355. The number of halogens is 1. The average Bonchev–Trinajstić information content (AvgIpc) is 3.28. The molecule has 0 radical (unpaired) electrons. The van der Waals surface area contributed by atoms with Gasteiger partial charge in [0, 0.05) is 30.1 Å². The lowest BCUT2D eigenvalue weighted by Crippen LogP contribution is -2.58. The number of fused-ring (bicyclic) bond motifs is 2. The minimum absolute atomic E-state index is 0.0809. The molecule has 32 heavy (non-hydrogen) atoms. The second-order valence-electron chi connectivity index (χ2n) is 8.18. The fourth-order valence-electron chi connectivity index (χ4n) is 5.44. The molecular weight excluding hydrogens is 438 g/mol. The molecule has 1 aromatic rings. The van der Waals surface area contributed by atoms with Gasteiger partial charge in [-0.05, 0) is 38.1 Å². The number of benzene rings is 1. The topological polar surface area (TPSA) is 112 Å². The first-order valence-electron chi connectivity index (χ1n) is 10.4. The molecule has 168 valence electrons. The predicted molar refractivity (Wildman–Crippen MR) is 111 cm³/mol. The molecule has 3 aliphatic heterocycles. The van der Waals surface area contributed by atoms with Crippen LogP contribution < -0.4 is 0 Å². The summed E-state index contributed by atoms with van der Waals surface area (Å²) >= 11 is 5.88. The van der Waals surface area contributed by atoms with Crippen molar-refractivity contribution < 1.29 is 28.8 Å². The molecule has 0 saturated carbocycles. The van der Waals surface area contributed by atoms with E-state index >= 15 is 0 Å². The van der Waals surface area contributed by atoms with Gasteiger partial charge in [-0.3, -0.25) is 38.6 Å². The van der Waals surface area contributed by atoms with Crippen LogP contribution in [0.5, 0.6) is 0 Å². The summed E-state index contributed by atoms with van der Waals surface area (Å²) in [6.07, 6.45) is -0.269. The number of ketones is 1.